The largest absolute Gasteiger partial charge is 0.0587 e. The quantitative estimate of drug-likeness (QED) is 0.715. The smallest absolute Gasteiger partial charge is 0.0178 e. The molecule has 0 spiro atoms. The minimum Gasteiger partial charge on any atom is -0.0587 e. The van der Waals surface area contributed by atoms with Gasteiger partial charge in [0.2, 0.25) is 0 Å². The summed E-state index contributed by atoms with van der Waals surface area (Å²) in [6.45, 7) is 4.54. The summed E-state index contributed by atoms with van der Waals surface area (Å²) in [5.41, 5.74) is 3.11. The minimum absolute atomic E-state index is 0.646. The van der Waals surface area contributed by atoms with Gasteiger partial charge in [-0.15, -0.1) is 0 Å². The molecule has 1 fully saturated rings. The number of halogens is 1. The van der Waals surface area contributed by atoms with Gasteiger partial charge >= 0.3 is 0 Å². The van der Waals surface area contributed by atoms with Crippen LogP contribution in [0.4, 0.5) is 0 Å². The van der Waals surface area contributed by atoms with Gasteiger partial charge in [-0.05, 0) is 47.9 Å². The van der Waals surface area contributed by atoms with Crippen molar-refractivity contribution in [1.82, 2.24) is 0 Å². The molecule has 0 bridgehead atoms. The minimum atomic E-state index is 0.646. The van der Waals surface area contributed by atoms with Crippen molar-refractivity contribution in [2.24, 2.45) is 0 Å². The van der Waals surface area contributed by atoms with Gasteiger partial charge in [-0.2, -0.15) is 0 Å². The molecule has 1 saturated carbocycles. The molecule has 0 unspecified atom stereocenters. The highest BCUT2D eigenvalue weighted by Gasteiger charge is 2.26. The molecular weight excluding hydrogens is 224 g/mol. The summed E-state index contributed by atoms with van der Waals surface area (Å²) in [4.78, 5) is 0. The van der Waals surface area contributed by atoms with Crippen molar-refractivity contribution >= 4 is 15.9 Å². The Morgan fingerprint density at radius 3 is 2.54 bits per heavy atom. The standard InChI is InChI=1S/C12H15Br/c1-8(2)12-7-10(13)5-6-11(12)9-3-4-9/h5-9H,3-4H2,1-2H3. The fraction of sp³-hybridized carbons (Fsp3) is 0.500. The highest BCUT2D eigenvalue weighted by atomic mass is 79.9. The Morgan fingerprint density at radius 1 is 1.31 bits per heavy atom. The van der Waals surface area contributed by atoms with Crippen molar-refractivity contribution in [2.45, 2.75) is 38.5 Å². The third kappa shape index (κ3) is 1.96. The van der Waals surface area contributed by atoms with Crippen LogP contribution in [0.5, 0.6) is 0 Å². The first kappa shape index (κ1) is 9.26. The highest BCUT2D eigenvalue weighted by molar-refractivity contribution is 9.10. The predicted molar refractivity (Wildman–Crippen MR) is 60.2 cm³/mol. The van der Waals surface area contributed by atoms with Crippen LogP contribution in [0.25, 0.3) is 0 Å². The molecule has 0 saturated heterocycles. The van der Waals surface area contributed by atoms with Gasteiger partial charge in [0.05, 0.1) is 0 Å². The van der Waals surface area contributed by atoms with Gasteiger partial charge in [0.1, 0.15) is 0 Å². The van der Waals surface area contributed by atoms with E-state index in [1.165, 1.54) is 22.9 Å². The van der Waals surface area contributed by atoms with Crippen LogP contribution >= 0.6 is 15.9 Å². The topological polar surface area (TPSA) is 0 Å². The maximum Gasteiger partial charge on any atom is 0.0178 e. The Balaban J connectivity index is 2.41. The van der Waals surface area contributed by atoms with Crippen molar-refractivity contribution in [1.29, 1.82) is 0 Å². The molecule has 1 aliphatic carbocycles. The first-order chi connectivity index (χ1) is 6.18. The van der Waals surface area contributed by atoms with Crippen molar-refractivity contribution in [2.75, 3.05) is 0 Å². The zero-order chi connectivity index (χ0) is 9.42. The number of rotatable bonds is 2. The third-order valence-electron chi connectivity index (χ3n) is 2.69. The number of hydrogen-bond acceptors (Lipinski definition) is 0. The molecule has 2 rings (SSSR count). The van der Waals surface area contributed by atoms with Crippen LogP contribution in [-0.2, 0) is 0 Å². The van der Waals surface area contributed by atoms with E-state index in [9.17, 15) is 0 Å². The first-order valence-electron chi connectivity index (χ1n) is 4.98. The summed E-state index contributed by atoms with van der Waals surface area (Å²) in [6.07, 6.45) is 2.78. The monoisotopic (exact) mass is 238 g/mol. The van der Waals surface area contributed by atoms with Crippen LogP contribution in [0.3, 0.4) is 0 Å². The molecule has 0 aromatic heterocycles. The fourth-order valence-corrected chi connectivity index (χ4v) is 2.19. The van der Waals surface area contributed by atoms with E-state index in [1.807, 2.05) is 0 Å². The molecule has 0 N–H and O–H groups in total. The Bertz CT molecular complexity index is 311. The molecule has 0 amide bonds. The predicted octanol–water partition coefficient (Wildman–Crippen LogP) is 4.45. The molecule has 0 heterocycles. The van der Waals surface area contributed by atoms with Crippen molar-refractivity contribution in [3.05, 3.63) is 33.8 Å². The summed E-state index contributed by atoms with van der Waals surface area (Å²) in [6, 6.07) is 6.73. The highest BCUT2D eigenvalue weighted by Crippen LogP contribution is 2.43. The second-order valence-corrected chi connectivity index (χ2v) is 5.12. The lowest BCUT2D eigenvalue weighted by atomic mass is 9.95. The summed E-state index contributed by atoms with van der Waals surface area (Å²) in [5.74, 6) is 1.51. The van der Waals surface area contributed by atoms with Crippen LogP contribution in [0.1, 0.15) is 49.7 Å². The van der Waals surface area contributed by atoms with E-state index in [4.69, 9.17) is 0 Å². The van der Waals surface area contributed by atoms with E-state index in [2.05, 4.69) is 48.0 Å². The number of hydrogen-bond donors (Lipinski definition) is 0. The van der Waals surface area contributed by atoms with Crippen LogP contribution < -0.4 is 0 Å². The molecule has 0 aliphatic heterocycles. The Hall–Kier alpha value is -0.300. The Morgan fingerprint density at radius 2 is 2.00 bits per heavy atom. The molecule has 1 aromatic carbocycles. The molecule has 0 atom stereocenters. The van der Waals surface area contributed by atoms with Crippen molar-refractivity contribution in [3.8, 4) is 0 Å². The lowest BCUT2D eigenvalue weighted by Crippen LogP contribution is -1.94. The van der Waals surface area contributed by atoms with E-state index in [0.29, 0.717) is 5.92 Å². The second-order valence-electron chi connectivity index (χ2n) is 4.20. The van der Waals surface area contributed by atoms with Crippen LogP contribution in [-0.4, -0.2) is 0 Å². The van der Waals surface area contributed by atoms with Gasteiger partial charge in [-0.25, -0.2) is 0 Å². The maximum absolute atomic E-state index is 3.53. The summed E-state index contributed by atoms with van der Waals surface area (Å²) >= 11 is 3.53. The van der Waals surface area contributed by atoms with E-state index < -0.39 is 0 Å². The number of benzene rings is 1. The molecule has 70 valence electrons. The van der Waals surface area contributed by atoms with Crippen LogP contribution in [0.15, 0.2) is 22.7 Å². The van der Waals surface area contributed by atoms with E-state index >= 15 is 0 Å². The normalized spacial score (nSPS) is 16.6. The van der Waals surface area contributed by atoms with Crippen LogP contribution in [0, 0.1) is 0 Å². The third-order valence-corrected chi connectivity index (χ3v) is 3.18. The molecule has 1 aromatic rings. The SMILES string of the molecule is CC(C)c1cc(Br)ccc1C1CC1. The van der Waals surface area contributed by atoms with E-state index in [1.54, 1.807) is 5.56 Å². The Labute approximate surface area is 88.5 Å². The molecule has 1 heteroatoms. The fourth-order valence-electron chi connectivity index (χ4n) is 1.81. The van der Waals surface area contributed by atoms with E-state index in [-0.39, 0.29) is 0 Å². The van der Waals surface area contributed by atoms with Gasteiger partial charge in [0, 0.05) is 4.47 Å². The van der Waals surface area contributed by atoms with Gasteiger partial charge in [-0.3, -0.25) is 0 Å². The summed E-state index contributed by atoms with van der Waals surface area (Å²) in [5, 5.41) is 0. The zero-order valence-corrected chi connectivity index (χ0v) is 9.76. The summed E-state index contributed by atoms with van der Waals surface area (Å²) in [7, 11) is 0. The Kier molecular flexibility index (Phi) is 2.46. The van der Waals surface area contributed by atoms with Crippen molar-refractivity contribution in [3.63, 3.8) is 0 Å². The average Bonchev–Trinajstić information content (AvgIpc) is 2.87. The molecule has 0 radical (unpaired) electrons. The average molecular weight is 239 g/mol. The lowest BCUT2D eigenvalue weighted by Gasteiger charge is -2.12. The zero-order valence-electron chi connectivity index (χ0n) is 8.18. The lowest BCUT2D eigenvalue weighted by molar-refractivity contribution is 0.841. The molecular formula is C12H15Br. The van der Waals surface area contributed by atoms with E-state index in [0.717, 1.165) is 5.92 Å². The van der Waals surface area contributed by atoms with Crippen LogP contribution in [0.2, 0.25) is 0 Å². The van der Waals surface area contributed by atoms with Gasteiger partial charge in [0.25, 0.3) is 0 Å². The molecule has 1 aliphatic rings. The molecule has 0 nitrogen and oxygen atoms in total. The maximum atomic E-state index is 3.53. The van der Waals surface area contributed by atoms with Crippen molar-refractivity contribution < 1.29 is 0 Å². The molecule has 13 heavy (non-hydrogen) atoms. The van der Waals surface area contributed by atoms with Gasteiger partial charge in [0.15, 0.2) is 0 Å². The first-order valence-corrected chi connectivity index (χ1v) is 5.77. The van der Waals surface area contributed by atoms with Gasteiger partial charge < -0.3 is 0 Å². The second kappa shape index (κ2) is 3.45. The van der Waals surface area contributed by atoms with Gasteiger partial charge in [-0.1, -0.05) is 35.8 Å². The summed E-state index contributed by atoms with van der Waals surface area (Å²) < 4.78 is 1.21.